The minimum absolute atomic E-state index is 0.173. The molecular weight excluding hydrogens is 360 g/mol. The fourth-order valence-corrected chi connectivity index (χ4v) is 4.61. The second-order valence-corrected chi connectivity index (χ2v) is 8.93. The Balaban J connectivity index is 1.36. The average Bonchev–Trinajstić information content (AvgIpc) is 2.99. The summed E-state index contributed by atoms with van der Waals surface area (Å²) in [4.78, 5) is 21.4. The molecule has 8 heteroatoms. The van der Waals surface area contributed by atoms with Crippen LogP contribution in [0.1, 0.15) is 33.1 Å². The van der Waals surface area contributed by atoms with Crippen LogP contribution in [-0.2, 0) is 4.74 Å². The molecule has 0 radical (unpaired) electrons. The standard InChI is InChI=1S/C20H38N4O4/c1-17(2)23-12-10-21(11-13-23)6-3-7-24-16-20(28-19(24)27)4-8-22(9-5-20)14-18(26)15-25/h17-18,25-26H,3-16H2,1-2H3. The minimum atomic E-state index is -0.695. The van der Waals surface area contributed by atoms with Gasteiger partial charge in [0.05, 0.1) is 19.3 Å². The number of carbonyl (C=O) groups excluding carboxylic acids is 1. The van der Waals surface area contributed by atoms with E-state index >= 15 is 0 Å². The van der Waals surface area contributed by atoms with E-state index in [1.54, 1.807) is 0 Å². The average molecular weight is 399 g/mol. The van der Waals surface area contributed by atoms with Crippen molar-refractivity contribution in [3.05, 3.63) is 0 Å². The van der Waals surface area contributed by atoms with Crippen LogP contribution in [0.4, 0.5) is 4.79 Å². The van der Waals surface area contributed by atoms with Crippen LogP contribution in [0.25, 0.3) is 0 Å². The molecular formula is C20H38N4O4. The van der Waals surface area contributed by atoms with Crippen molar-refractivity contribution in [2.75, 3.05) is 72.1 Å². The van der Waals surface area contributed by atoms with Crippen molar-refractivity contribution in [2.45, 2.75) is 50.9 Å². The molecule has 1 atom stereocenters. The van der Waals surface area contributed by atoms with Crippen molar-refractivity contribution in [1.29, 1.82) is 0 Å². The van der Waals surface area contributed by atoms with E-state index in [1.807, 2.05) is 4.90 Å². The van der Waals surface area contributed by atoms with Gasteiger partial charge in [0, 0.05) is 71.2 Å². The fraction of sp³-hybridized carbons (Fsp3) is 0.950. The topological polar surface area (TPSA) is 79.7 Å². The van der Waals surface area contributed by atoms with Gasteiger partial charge in [-0.15, -0.1) is 0 Å². The van der Waals surface area contributed by atoms with E-state index in [9.17, 15) is 9.90 Å². The number of ether oxygens (including phenoxy) is 1. The molecule has 1 spiro atoms. The van der Waals surface area contributed by atoms with E-state index in [0.29, 0.717) is 19.1 Å². The minimum Gasteiger partial charge on any atom is -0.441 e. The SMILES string of the molecule is CC(C)N1CCN(CCCN2CC3(CCN(CC(O)CO)CC3)OC2=O)CC1. The molecule has 3 saturated heterocycles. The molecule has 1 unspecified atom stereocenters. The number of piperazine rings is 1. The van der Waals surface area contributed by atoms with E-state index in [0.717, 1.165) is 71.6 Å². The first-order valence-electron chi connectivity index (χ1n) is 10.9. The number of amides is 1. The van der Waals surface area contributed by atoms with Crippen LogP contribution in [0.3, 0.4) is 0 Å². The Bertz CT molecular complexity index is 502. The number of β-amino-alcohol motifs (C(OH)–C–C–N with tert-alkyl or cyclic N) is 1. The molecule has 3 heterocycles. The van der Waals surface area contributed by atoms with Gasteiger partial charge in [0.25, 0.3) is 0 Å². The van der Waals surface area contributed by atoms with Crippen molar-refractivity contribution >= 4 is 6.09 Å². The highest BCUT2D eigenvalue weighted by atomic mass is 16.6. The first-order valence-corrected chi connectivity index (χ1v) is 10.9. The van der Waals surface area contributed by atoms with Crippen molar-refractivity contribution < 1.29 is 19.7 Å². The zero-order valence-electron chi connectivity index (χ0n) is 17.6. The quantitative estimate of drug-likeness (QED) is 0.598. The predicted molar refractivity (Wildman–Crippen MR) is 107 cm³/mol. The molecule has 3 aliphatic heterocycles. The second-order valence-electron chi connectivity index (χ2n) is 8.93. The van der Waals surface area contributed by atoms with Gasteiger partial charge in [-0.05, 0) is 26.8 Å². The Hall–Kier alpha value is -0.930. The molecule has 0 bridgehead atoms. The third kappa shape index (κ3) is 5.57. The summed E-state index contributed by atoms with van der Waals surface area (Å²) in [5.74, 6) is 0. The molecule has 162 valence electrons. The molecule has 3 aliphatic rings. The molecule has 28 heavy (non-hydrogen) atoms. The lowest BCUT2D eigenvalue weighted by Crippen LogP contribution is -2.49. The maximum atomic E-state index is 12.4. The molecule has 3 fully saturated rings. The summed E-state index contributed by atoms with van der Waals surface area (Å²) >= 11 is 0. The van der Waals surface area contributed by atoms with Crippen LogP contribution in [0, 0.1) is 0 Å². The largest absolute Gasteiger partial charge is 0.441 e. The zero-order chi connectivity index (χ0) is 20.1. The predicted octanol–water partition coefficient (Wildman–Crippen LogP) is 0.0425. The first kappa shape index (κ1) is 21.8. The van der Waals surface area contributed by atoms with Gasteiger partial charge in [-0.2, -0.15) is 0 Å². The number of carbonyl (C=O) groups is 1. The number of hydrogen-bond donors (Lipinski definition) is 2. The first-order chi connectivity index (χ1) is 13.4. The van der Waals surface area contributed by atoms with Crippen LogP contribution in [0.15, 0.2) is 0 Å². The zero-order valence-corrected chi connectivity index (χ0v) is 17.6. The Kier molecular flexibility index (Phi) is 7.55. The van der Waals surface area contributed by atoms with E-state index in [1.165, 1.54) is 0 Å². The highest BCUT2D eigenvalue weighted by molar-refractivity contribution is 5.70. The van der Waals surface area contributed by atoms with E-state index in [4.69, 9.17) is 9.84 Å². The number of aliphatic hydroxyl groups is 2. The number of rotatable bonds is 8. The van der Waals surface area contributed by atoms with Crippen molar-refractivity contribution in [3.63, 3.8) is 0 Å². The molecule has 0 aliphatic carbocycles. The van der Waals surface area contributed by atoms with Gasteiger partial charge >= 0.3 is 6.09 Å². The lowest BCUT2D eigenvalue weighted by atomic mass is 9.91. The lowest BCUT2D eigenvalue weighted by molar-refractivity contribution is -0.0158. The highest BCUT2D eigenvalue weighted by Crippen LogP contribution is 2.33. The maximum Gasteiger partial charge on any atom is 0.410 e. The molecule has 8 nitrogen and oxygen atoms in total. The van der Waals surface area contributed by atoms with Gasteiger partial charge in [-0.3, -0.25) is 4.90 Å². The van der Waals surface area contributed by atoms with Crippen molar-refractivity contribution in [3.8, 4) is 0 Å². The lowest BCUT2D eigenvalue weighted by Gasteiger charge is -2.38. The summed E-state index contributed by atoms with van der Waals surface area (Å²) in [6, 6.07) is 0.621. The summed E-state index contributed by atoms with van der Waals surface area (Å²) in [5.41, 5.74) is -0.360. The Labute approximate surface area is 169 Å². The van der Waals surface area contributed by atoms with E-state index in [-0.39, 0.29) is 18.3 Å². The maximum absolute atomic E-state index is 12.4. The van der Waals surface area contributed by atoms with Crippen LogP contribution in [0.2, 0.25) is 0 Å². The normalized spacial score (nSPS) is 25.6. The van der Waals surface area contributed by atoms with Gasteiger partial charge in [0.1, 0.15) is 5.60 Å². The molecule has 3 rings (SSSR count). The molecule has 0 aromatic carbocycles. The highest BCUT2D eigenvalue weighted by Gasteiger charge is 2.46. The molecule has 0 saturated carbocycles. The number of aliphatic hydroxyl groups excluding tert-OH is 2. The van der Waals surface area contributed by atoms with E-state index < -0.39 is 6.10 Å². The molecule has 2 N–H and O–H groups in total. The molecule has 0 aromatic heterocycles. The Morgan fingerprint density at radius 2 is 1.71 bits per heavy atom. The molecule has 1 amide bonds. The van der Waals surface area contributed by atoms with Crippen molar-refractivity contribution in [2.24, 2.45) is 0 Å². The number of likely N-dealkylation sites (tertiary alicyclic amines) is 1. The monoisotopic (exact) mass is 398 g/mol. The summed E-state index contributed by atoms with van der Waals surface area (Å²) in [7, 11) is 0. The number of hydrogen-bond acceptors (Lipinski definition) is 7. The molecule has 0 aromatic rings. The van der Waals surface area contributed by atoms with Crippen LogP contribution in [-0.4, -0.2) is 126 Å². The number of piperidine rings is 1. The van der Waals surface area contributed by atoms with Crippen molar-refractivity contribution in [1.82, 2.24) is 19.6 Å². The van der Waals surface area contributed by atoms with Gasteiger partial charge in [0.2, 0.25) is 0 Å². The summed E-state index contributed by atoms with van der Waals surface area (Å²) in [6.45, 7) is 13.3. The summed E-state index contributed by atoms with van der Waals surface area (Å²) in [5, 5.41) is 18.6. The Morgan fingerprint density at radius 3 is 2.32 bits per heavy atom. The van der Waals surface area contributed by atoms with Gasteiger partial charge in [-0.25, -0.2) is 4.79 Å². The third-order valence-corrected chi connectivity index (χ3v) is 6.53. The second kappa shape index (κ2) is 9.71. The van der Waals surface area contributed by atoms with E-state index in [2.05, 4.69) is 28.5 Å². The Morgan fingerprint density at radius 1 is 1.04 bits per heavy atom. The van der Waals surface area contributed by atoms with Crippen LogP contribution < -0.4 is 0 Å². The number of nitrogens with zero attached hydrogens (tertiary/aromatic N) is 4. The summed E-state index contributed by atoms with van der Waals surface area (Å²) in [6.07, 6.45) is 1.71. The van der Waals surface area contributed by atoms with Gasteiger partial charge < -0.3 is 29.6 Å². The van der Waals surface area contributed by atoms with Gasteiger partial charge in [0.15, 0.2) is 0 Å². The summed E-state index contributed by atoms with van der Waals surface area (Å²) < 4.78 is 5.79. The van der Waals surface area contributed by atoms with Crippen LogP contribution >= 0.6 is 0 Å². The smallest absolute Gasteiger partial charge is 0.410 e. The fourth-order valence-electron chi connectivity index (χ4n) is 4.61. The van der Waals surface area contributed by atoms with Crippen LogP contribution in [0.5, 0.6) is 0 Å². The third-order valence-electron chi connectivity index (χ3n) is 6.53. The van der Waals surface area contributed by atoms with Gasteiger partial charge in [-0.1, -0.05) is 0 Å².